The highest BCUT2D eigenvalue weighted by Crippen LogP contribution is 2.33. The van der Waals surface area contributed by atoms with E-state index in [2.05, 4.69) is 0 Å². The number of hydrogen-bond donors (Lipinski definition) is 1. The molecule has 0 bridgehead atoms. The lowest BCUT2D eigenvalue weighted by Gasteiger charge is -2.20. The van der Waals surface area contributed by atoms with E-state index < -0.39 is 18.1 Å². The maximum atomic E-state index is 13.7. The van der Waals surface area contributed by atoms with Gasteiger partial charge in [-0.25, -0.2) is 8.78 Å². The maximum Gasteiger partial charge on any atom is 0.159 e. The summed E-state index contributed by atoms with van der Waals surface area (Å²) in [6.07, 6.45) is 0. The molecule has 1 rings (SSSR count). The molecule has 0 aliphatic carbocycles. The third-order valence-electron chi connectivity index (χ3n) is 2.02. The predicted octanol–water partition coefficient (Wildman–Crippen LogP) is 2.01. The van der Waals surface area contributed by atoms with Crippen molar-refractivity contribution in [3.63, 3.8) is 0 Å². The normalized spacial score (nSPS) is 14.9. The van der Waals surface area contributed by atoms with Gasteiger partial charge in [-0.3, -0.25) is 0 Å². The SMILES string of the molecule is COc1cc(F)ccc1C(C)(F)CO. The van der Waals surface area contributed by atoms with Crippen LogP contribution in [-0.2, 0) is 5.67 Å². The zero-order chi connectivity index (χ0) is 10.8. The highest BCUT2D eigenvalue weighted by Gasteiger charge is 2.28. The fourth-order valence-electron chi connectivity index (χ4n) is 1.18. The van der Waals surface area contributed by atoms with Gasteiger partial charge in [-0.2, -0.15) is 0 Å². The molecule has 0 radical (unpaired) electrons. The first-order chi connectivity index (χ1) is 6.51. The van der Waals surface area contributed by atoms with E-state index in [1.165, 1.54) is 20.1 Å². The van der Waals surface area contributed by atoms with Gasteiger partial charge in [0.1, 0.15) is 11.6 Å². The monoisotopic (exact) mass is 202 g/mol. The van der Waals surface area contributed by atoms with Crippen LogP contribution in [0.5, 0.6) is 5.75 Å². The first-order valence-corrected chi connectivity index (χ1v) is 4.15. The number of benzene rings is 1. The maximum absolute atomic E-state index is 13.7. The molecule has 0 saturated carbocycles. The molecule has 0 heterocycles. The largest absolute Gasteiger partial charge is 0.496 e. The molecule has 0 amide bonds. The number of aliphatic hydroxyl groups is 1. The van der Waals surface area contributed by atoms with Crippen molar-refractivity contribution >= 4 is 0 Å². The summed E-state index contributed by atoms with van der Waals surface area (Å²) in [4.78, 5) is 0. The Hall–Kier alpha value is -1.16. The molecule has 1 unspecified atom stereocenters. The molecular weight excluding hydrogens is 190 g/mol. The molecule has 1 N–H and O–H groups in total. The molecule has 1 atom stereocenters. The number of halogens is 2. The fourth-order valence-corrected chi connectivity index (χ4v) is 1.18. The van der Waals surface area contributed by atoms with Gasteiger partial charge < -0.3 is 9.84 Å². The molecule has 78 valence electrons. The second-order valence-corrected chi connectivity index (χ2v) is 3.20. The van der Waals surface area contributed by atoms with Crippen LogP contribution in [0.1, 0.15) is 12.5 Å². The van der Waals surface area contributed by atoms with Crippen molar-refractivity contribution in [2.75, 3.05) is 13.7 Å². The molecule has 14 heavy (non-hydrogen) atoms. The highest BCUT2D eigenvalue weighted by atomic mass is 19.1. The lowest BCUT2D eigenvalue weighted by atomic mass is 9.98. The number of rotatable bonds is 3. The molecular formula is C10H12F2O2. The van der Waals surface area contributed by atoms with Gasteiger partial charge in [0, 0.05) is 11.6 Å². The Morgan fingerprint density at radius 3 is 2.64 bits per heavy atom. The van der Waals surface area contributed by atoms with E-state index in [0.29, 0.717) is 0 Å². The number of alkyl halides is 1. The molecule has 0 aliphatic heterocycles. The third kappa shape index (κ3) is 2.01. The summed E-state index contributed by atoms with van der Waals surface area (Å²) in [6, 6.07) is 3.48. The van der Waals surface area contributed by atoms with Crippen LogP contribution in [0.3, 0.4) is 0 Å². The lowest BCUT2D eigenvalue weighted by Crippen LogP contribution is -2.21. The van der Waals surface area contributed by atoms with Gasteiger partial charge in [0.2, 0.25) is 0 Å². The molecule has 1 aromatic rings. The highest BCUT2D eigenvalue weighted by molar-refractivity contribution is 5.38. The minimum Gasteiger partial charge on any atom is -0.496 e. The minimum atomic E-state index is -1.92. The van der Waals surface area contributed by atoms with Gasteiger partial charge >= 0.3 is 0 Å². The number of ether oxygens (including phenoxy) is 1. The molecule has 0 aromatic heterocycles. The Morgan fingerprint density at radius 2 is 2.14 bits per heavy atom. The fraction of sp³-hybridized carbons (Fsp3) is 0.400. The molecule has 0 saturated heterocycles. The molecule has 2 nitrogen and oxygen atoms in total. The van der Waals surface area contributed by atoms with Gasteiger partial charge in [-0.15, -0.1) is 0 Å². The number of hydrogen-bond acceptors (Lipinski definition) is 2. The van der Waals surface area contributed by atoms with E-state index in [-0.39, 0.29) is 11.3 Å². The smallest absolute Gasteiger partial charge is 0.159 e. The molecule has 0 aliphatic rings. The van der Waals surface area contributed by atoms with Crippen molar-refractivity contribution in [2.45, 2.75) is 12.6 Å². The second kappa shape index (κ2) is 3.92. The van der Waals surface area contributed by atoms with E-state index in [1.54, 1.807) is 0 Å². The Balaban J connectivity index is 3.20. The summed E-state index contributed by atoms with van der Waals surface area (Å²) < 4.78 is 31.3. The summed E-state index contributed by atoms with van der Waals surface area (Å²) in [5.41, 5.74) is -1.78. The van der Waals surface area contributed by atoms with Gasteiger partial charge in [-0.1, -0.05) is 0 Å². The van der Waals surface area contributed by atoms with Gasteiger partial charge in [-0.05, 0) is 19.1 Å². The average Bonchev–Trinajstić information content (AvgIpc) is 2.17. The topological polar surface area (TPSA) is 29.5 Å². The first-order valence-electron chi connectivity index (χ1n) is 4.15. The van der Waals surface area contributed by atoms with Crippen LogP contribution in [0, 0.1) is 5.82 Å². The van der Waals surface area contributed by atoms with Gasteiger partial charge in [0.25, 0.3) is 0 Å². The van der Waals surface area contributed by atoms with E-state index >= 15 is 0 Å². The van der Waals surface area contributed by atoms with E-state index in [4.69, 9.17) is 9.84 Å². The summed E-state index contributed by atoms with van der Waals surface area (Å²) in [5, 5.41) is 8.81. The number of methoxy groups -OCH3 is 1. The molecule has 0 spiro atoms. The van der Waals surface area contributed by atoms with Crippen LogP contribution in [0.4, 0.5) is 8.78 Å². The van der Waals surface area contributed by atoms with Crippen LogP contribution in [0.25, 0.3) is 0 Å². The first kappa shape index (κ1) is 10.9. The van der Waals surface area contributed by atoms with Crippen molar-refractivity contribution in [3.05, 3.63) is 29.6 Å². The zero-order valence-electron chi connectivity index (χ0n) is 8.05. The quantitative estimate of drug-likeness (QED) is 0.812. The Morgan fingerprint density at radius 1 is 1.50 bits per heavy atom. The Kier molecular flexibility index (Phi) is 3.06. The van der Waals surface area contributed by atoms with E-state index in [0.717, 1.165) is 12.1 Å². The third-order valence-corrected chi connectivity index (χ3v) is 2.02. The van der Waals surface area contributed by atoms with Gasteiger partial charge in [0.05, 0.1) is 13.7 Å². The van der Waals surface area contributed by atoms with Crippen LogP contribution in [-0.4, -0.2) is 18.8 Å². The van der Waals surface area contributed by atoms with Crippen molar-refractivity contribution in [1.29, 1.82) is 0 Å². The average molecular weight is 202 g/mol. The van der Waals surface area contributed by atoms with Gasteiger partial charge in [0.15, 0.2) is 5.67 Å². The second-order valence-electron chi connectivity index (χ2n) is 3.20. The lowest BCUT2D eigenvalue weighted by molar-refractivity contribution is 0.0840. The van der Waals surface area contributed by atoms with Crippen LogP contribution in [0.2, 0.25) is 0 Å². The molecule has 4 heteroatoms. The van der Waals surface area contributed by atoms with Crippen LogP contribution in [0.15, 0.2) is 18.2 Å². The molecule has 1 aromatic carbocycles. The summed E-state index contributed by atoms with van der Waals surface area (Å²) in [7, 11) is 1.33. The minimum absolute atomic E-state index is 0.101. The van der Waals surface area contributed by atoms with Crippen molar-refractivity contribution in [1.82, 2.24) is 0 Å². The summed E-state index contributed by atoms with van der Waals surface area (Å²) in [5.74, 6) is -0.400. The molecule has 0 fully saturated rings. The predicted molar refractivity (Wildman–Crippen MR) is 48.5 cm³/mol. The van der Waals surface area contributed by atoms with Crippen molar-refractivity contribution in [3.8, 4) is 5.75 Å². The standard InChI is InChI=1S/C10H12F2O2/c1-10(12,6-13)8-4-3-7(11)5-9(8)14-2/h3-5,13H,6H2,1-2H3. The Labute approximate surface area is 81.1 Å². The number of aliphatic hydroxyl groups excluding tert-OH is 1. The Bertz CT molecular complexity index is 324. The zero-order valence-corrected chi connectivity index (χ0v) is 8.05. The van der Waals surface area contributed by atoms with E-state index in [9.17, 15) is 8.78 Å². The van der Waals surface area contributed by atoms with Crippen molar-refractivity contribution in [2.24, 2.45) is 0 Å². The van der Waals surface area contributed by atoms with Crippen molar-refractivity contribution < 1.29 is 18.6 Å². The van der Waals surface area contributed by atoms with Crippen LogP contribution >= 0.6 is 0 Å². The summed E-state index contributed by atoms with van der Waals surface area (Å²) in [6.45, 7) is 0.539. The van der Waals surface area contributed by atoms with E-state index in [1.807, 2.05) is 0 Å². The summed E-state index contributed by atoms with van der Waals surface area (Å²) >= 11 is 0. The van der Waals surface area contributed by atoms with Crippen LogP contribution < -0.4 is 4.74 Å².